The van der Waals surface area contributed by atoms with Gasteiger partial charge in [0, 0.05) is 24.0 Å². The molecule has 3 heterocycles. The Morgan fingerprint density at radius 3 is 2.79 bits per heavy atom. The second kappa shape index (κ2) is 4.74. The van der Waals surface area contributed by atoms with Crippen molar-refractivity contribution >= 4 is 39.1 Å². The summed E-state index contributed by atoms with van der Waals surface area (Å²) in [6.07, 6.45) is 1.84. The molecule has 24 heavy (non-hydrogen) atoms. The molecule has 0 bridgehead atoms. The first-order valence-electron chi connectivity index (χ1n) is 8.08. The maximum Gasteiger partial charge on any atom is 0.159 e. The van der Waals surface area contributed by atoms with Crippen LogP contribution < -0.4 is 9.80 Å². The quantitative estimate of drug-likeness (QED) is 0.503. The van der Waals surface area contributed by atoms with E-state index in [1.807, 2.05) is 24.4 Å². The number of pyridine rings is 1. The first kappa shape index (κ1) is 13.4. The van der Waals surface area contributed by atoms with Crippen LogP contribution in [0.15, 0.2) is 59.1 Å². The van der Waals surface area contributed by atoms with Gasteiger partial charge in [0.2, 0.25) is 0 Å². The van der Waals surface area contributed by atoms with Crippen molar-refractivity contribution in [2.45, 2.75) is 6.92 Å². The Bertz CT molecular complexity index is 1080. The monoisotopic (exact) mass is 315 g/mol. The third-order valence-electron chi connectivity index (χ3n) is 4.76. The molecule has 0 fully saturated rings. The van der Waals surface area contributed by atoms with Crippen molar-refractivity contribution < 1.29 is 4.42 Å². The minimum absolute atomic E-state index is 0.767. The van der Waals surface area contributed by atoms with Gasteiger partial charge in [0.15, 0.2) is 11.4 Å². The van der Waals surface area contributed by atoms with Gasteiger partial charge in [0.05, 0.1) is 18.0 Å². The molecule has 0 aliphatic carbocycles. The number of benzene rings is 2. The minimum atomic E-state index is 0.767. The molecule has 0 amide bonds. The Kier molecular flexibility index (Phi) is 2.65. The summed E-state index contributed by atoms with van der Waals surface area (Å²) < 4.78 is 6.25. The van der Waals surface area contributed by atoms with Crippen molar-refractivity contribution in [1.29, 1.82) is 0 Å². The average Bonchev–Trinajstić information content (AvgIpc) is 3.13. The summed E-state index contributed by atoms with van der Waals surface area (Å²) in [7, 11) is 2.07. The molecule has 0 unspecified atom stereocenters. The Balaban J connectivity index is 1.83. The van der Waals surface area contributed by atoms with Crippen LogP contribution in [-0.4, -0.2) is 18.7 Å². The third-order valence-corrected chi connectivity index (χ3v) is 4.76. The molecule has 0 spiro atoms. The fraction of sp³-hybridized carbons (Fsp3) is 0.150. The van der Waals surface area contributed by atoms with E-state index in [2.05, 4.69) is 59.1 Å². The lowest BCUT2D eigenvalue weighted by molar-refractivity contribution is 0.667. The number of rotatable bonds is 1. The van der Waals surface area contributed by atoms with Crippen molar-refractivity contribution in [3.63, 3.8) is 0 Å². The van der Waals surface area contributed by atoms with Crippen LogP contribution in [0.1, 0.15) is 5.56 Å². The number of para-hydroxylation sites is 1. The summed E-state index contributed by atoms with van der Waals surface area (Å²) in [6.45, 7) is 2.90. The van der Waals surface area contributed by atoms with Crippen LogP contribution in [0, 0.1) is 6.92 Å². The summed E-state index contributed by atoms with van der Waals surface area (Å²) in [5, 5.41) is 2.32. The Morgan fingerprint density at radius 1 is 1.00 bits per heavy atom. The second-order valence-corrected chi connectivity index (χ2v) is 6.32. The van der Waals surface area contributed by atoms with Gasteiger partial charge in [-0.15, -0.1) is 0 Å². The minimum Gasteiger partial charge on any atom is -0.454 e. The van der Waals surface area contributed by atoms with E-state index in [-0.39, 0.29) is 0 Å². The average molecular weight is 315 g/mol. The largest absolute Gasteiger partial charge is 0.454 e. The molecule has 2 aromatic carbocycles. The van der Waals surface area contributed by atoms with E-state index in [4.69, 9.17) is 4.42 Å². The lowest BCUT2D eigenvalue weighted by Gasteiger charge is -2.21. The van der Waals surface area contributed by atoms with Crippen LogP contribution in [-0.2, 0) is 0 Å². The first-order valence-corrected chi connectivity index (χ1v) is 8.08. The number of anilines is 3. The van der Waals surface area contributed by atoms with E-state index in [1.54, 1.807) is 0 Å². The predicted molar refractivity (Wildman–Crippen MR) is 98.1 cm³/mol. The Labute approximate surface area is 139 Å². The van der Waals surface area contributed by atoms with E-state index in [0.29, 0.717) is 0 Å². The number of aryl methyl sites for hydroxylation is 1. The van der Waals surface area contributed by atoms with Crippen molar-refractivity contribution in [2.75, 3.05) is 23.5 Å². The van der Waals surface area contributed by atoms with Gasteiger partial charge in [0.25, 0.3) is 0 Å². The zero-order valence-electron chi connectivity index (χ0n) is 13.7. The predicted octanol–water partition coefficient (Wildman–Crippen LogP) is 4.83. The van der Waals surface area contributed by atoms with Gasteiger partial charge in [-0.25, -0.2) is 4.98 Å². The summed E-state index contributed by atoms with van der Waals surface area (Å²) in [4.78, 5) is 8.98. The molecule has 1 aliphatic heterocycles. The van der Waals surface area contributed by atoms with Crippen molar-refractivity contribution in [3.05, 3.63) is 60.3 Å². The second-order valence-electron chi connectivity index (χ2n) is 6.32. The molecular weight excluding hydrogens is 298 g/mol. The smallest absolute Gasteiger partial charge is 0.159 e. The van der Waals surface area contributed by atoms with Gasteiger partial charge >= 0.3 is 0 Å². The van der Waals surface area contributed by atoms with Crippen LogP contribution in [0.5, 0.6) is 0 Å². The Hall–Kier alpha value is -3.01. The zero-order valence-corrected chi connectivity index (χ0v) is 13.7. The van der Waals surface area contributed by atoms with Gasteiger partial charge in [-0.1, -0.05) is 30.3 Å². The molecule has 0 saturated heterocycles. The molecule has 5 rings (SSSR count). The fourth-order valence-electron chi connectivity index (χ4n) is 3.65. The van der Waals surface area contributed by atoms with E-state index in [1.165, 1.54) is 5.56 Å². The summed E-state index contributed by atoms with van der Waals surface area (Å²) in [5.41, 5.74) is 5.32. The molecule has 1 aliphatic rings. The SMILES string of the molecule is Cc1ccc2c(oc3ccccc32)c1N1CN(C)c2ncccc21. The van der Waals surface area contributed by atoms with Crippen molar-refractivity contribution in [1.82, 2.24) is 4.98 Å². The van der Waals surface area contributed by atoms with E-state index >= 15 is 0 Å². The maximum absolute atomic E-state index is 6.25. The van der Waals surface area contributed by atoms with Crippen LogP contribution in [0.25, 0.3) is 21.9 Å². The Morgan fingerprint density at radius 2 is 1.88 bits per heavy atom. The van der Waals surface area contributed by atoms with Gasteiger partial charge in [-0.3, -0.25) is 0 Å². The number of hydrogen-bond acceptors (Lipinski definition) is 4. The number of fused-ring (bicyclic) bond motifs is 4. The number of furan rings is 1. The van der Waals surface area contributed by atoms with Crippen LogP contribution in [0.2, 0.25) is 0 Å². The number of aromatic nitrogens is 1. The maximum atomic E-state index is 6.25. The zero-order chi connectivity index (χ0) is 16.3. The van der Waals surface area contributed by atoms with Gasteiger partial charge < -0.3 is 14.2 Å². The molecular formula is C20H17N3O. The highest BCUT2D eigenvalue weighted by molar-refractivity contribution is 6.10. The fourth-order valence-corrected chi connectivity index (χ4v) is 3.65. The van der Waals surface area contributed by atoms with Gasteiger partial charge in [-0.05, 0) is 30.7 Å². The topological polar surface area (TPSA) is 32.5 Å². The molecule has 4 heteroatoms. The lowest BCUT2D eigenvalue weighted by atomic mass is 10.1. The molecule has 0 radical (unpaired) electrons. The summed E-state index contributed by atoms with van der Waals surface area (Å²) in [6, 6.07) is 16.6. The standard InChI is InChI=1S/C20H17N3O/c1-13-9-10-15-14-6-3-4-8-17(14)24-19(15)18(13)23-12-22(2)20-16(23)7-5-11-21-20/h3-11H,12H2,1-2H3. The molecule has 118 valence electrons. The van der Waals surface area contributed by atoms with Crippen LogP contribution in [0.3, 0.4) is 0 Å². The molecule has 4 nitrogen and oxygen atoms in total. The summed E-state index contributed by atoms with van der Waals surface area (Å²) in [5.74, 6) is 1.00. The van der Waals surface area contributed by atoms with Crippen molar-refractivity contribution in [3.8, 4) is 0 Å². The van der Waals surface area contributed by atoms with E-state index < -0.39 is 0 Å². The first-order chi connectivity index (χ1) is 11.7. The molecule has 0 atom stereocenters. The molecule has 2 aromatic heterocycles. The molecule has 4 aromatic rings. The van der Waals surface area contributed by atoms with Gasteiger partial charge in [-0.2, -0.15) is 0 Å². The van der Waals surface area contributed by atoms with Crippen molar-refractivity contribution in [2.24, 2.45) is 0 Å². The van der Waals surface area contributed by atoms with Crippen LogP contribution in [0.4, 0.5) is 17.2 Å². The molecule has 0 N–H and O–H groups in total. The third kappa shape index (κ3) is 1.71. The number of hydrogen-bond donors (Lipinski definition) is 0. The highest BCUT2D eigenvalue weighted by Gasteiger charge is 2.29. The summed E-state index contributed by atoms with van der Waals surface area (Å²) >= 11 is 0. The normalized spacial score (nSPS) is 13.9. The van der Waals surface area contributed by atoms with E-state index in [9.17, 15) is 0 Å². The molecule has 0 saturated carbocycles. The number of nitrogens with zero attached hydrogens (tertiary/aromatic N) is 3. The van der Waals surface area contributed by atoms with Gasteiger partial charge in [0.1, 0.15) is 5.58 Å². The van der Waals surface area contributed by atoms with Crippen LogP contribution >= 0.6 is 0 Å². The highest BCUT2D eigenvalue weighted by Crippen LogP contribution is 2.44. The van der Waals surface area contributed by atoms with E-state index in [0.717, 1.165) is 45.8 Å². The highest BCUT2D eigenvalue weighted by atomic mass is 16.3. The lowest BCUT2D eigenvalue weighted by Crippen LogP contribution is -2.24.